The maximum atomic E-state index is 12.7. The minimum absolute atomic E-state index is 0.0326. The van der Waals surface area contributed by atoms with Crippen LogP contribution in [0, 0.1) is 18.8 Å². The first-order valence-electron chi connectivity index (χ1n) is 9.11. The van der Waals surface area contributed by atoms with E-state index in [1.165, 1.54) is 6.26 Å². The Kier molecular flexibility index (Phi) is 4.55. The van der Waals surface area contributed by atoms with E-state index in [-0.39, 0.29) is 30.3 Å². The van der Waals surface area contributed by atoms with Gasteiger partial charge in [0, 0.05) is 31.7 Å². The Morgan fingerprint density at radius 3 is 2.56 bits per heavy atom. The van der Waals surface area contributed by atoms with E-state index in [9.17, 15) is 13.2 Å². The lowest BCUT2D eigenvalue weighted by Gasteiger charge is -2.28. The van der Waals surface area contributed by atoms with Crippen molar-refractivity contribution in [2.75, 3.05) is 25.9 Å². The molecule has 0 bridgehead atoms. The zero-order valence-electron chi connectivity index (χ0n) is 15.5. The molecule has 0 radical (unpaired) electrons. The van der Waals surface area contributed by atoms with Crippen LogP contribution < -0.4 is 0 Å². The average molecular weight is 388 g/mol. The summed E-state index contributed by atoms with van der Waals surface area (Å²) in [5, 5.41) is 4.19. The molecule has 2 saturated heterocycles. The molecular weight excluding hydrogens is 364 g/mol. The molecule has 0 aliphatic carbocycles. The summed E-state index contributed by atoms with van der Waals surface area (Å²) < 4.78 is 27.9. The van der Waals surface area contributed by atoms with Crippen molar-refractivity contribution in [3.05, 3.63) is 53.9 Å². The summed E-state index contributed by atoms with van der Waals surface area (Å²) in [5.41, 5.74) is 2.02. The topological polar surface area (TPSA) is 75.5 Å². The monoisotopic (exact) mass is 388 g/mol. The molecule has 0 spiro atoms. The molecule has 4 rings (SSSR count). The third-order valence-electron chi connectivity index (χ3n) is 5.60. The van der Waals surface area contributed by atoms with E-state index in [2.05, 4.69) is 5.10 Å². The molecule has 3 atom stereocenters. The first-order valence-corrected chi connectivity index (χ1v) is 11.0. The number of sulfonamides is 1. The van der Waals surface area contributed by atoms with Gasteiger partial charge in [0.05, 0.1) is 18.5 Å². The van der Waals surface area contributed by atoms with Crippen molar-refractivity contribution in [1.82, 2.24) is 19.0 Å². The molecule has 144 valence electrons. The fourth-order valence-electron chi connectivity index (χ4n) is 4.41. The van der Waals surface area contributed by atoms with E-state index in [0.717, 1.165) is 11.1 Å². The van der Waals surface area contributed by atoms with Crippen molar-refractivity contribution in [2.24, 2.45) is 11.8 Å². The minimum atomic E-state index is -3.31. The van der Waals surface area contributed by atoms with Gasteiger partial charge < -0.3 is 4.90 Å². The Morgan fingerprint density at radius 1 is 1.19 bits per heavy atom. The van der Waals surface area contributed by atoms with Gasteiger partial charge in [-0.15, -0.1) is 0 Å². The fourth-order valence-corrected chi connectivity index (χ4v) is 5.56. The molecule has 0 saturated carbocycles. The molecule has 2 fully saturated rings. The summed E-state index contributed by atoms with van der Waals surface area (Å²) in [6, 6.07) is 9.53. The van der Waals surface area contributed by atoms with Crippen LogP contribution in [0.25, 0.3) is 0 Å². The molecule has 3 heterocycles. The molecule has 8 heteroatoms. The molecule has 27 heavy (non-hydrogen) atoms. The van der Waals surface area contributed by atoms with E-state index in [1.54, 1.807) is 15.2 Å². The highest BCUT2D eigenvalue weighted by atomic mass is 32.2. The number of likely N-dealkylation sites (tertiary alicyclic amines) is 1. The summed E-state index contributed by atoms with van der Waals surface area (Å²) in [4.78, 5) is 14.6. The van der Waals surface area contributed by atoms with Gasteiger partial charge in [-0.2, -0.15) is 9.40 Å². The van der Waals surface area contributed by atoms with Crippen molar-refractivity contribution in [2.45, 2.75) is 19.5 Å². The molecule has 1 aromatic carbocycles. The van der Waals surface area contributed by atoms with Crippen molar-refractivity contribution in [1.29, 1.82) is 0 Å². The number of aryl methyl sites for hydroxylation is 1. The van der Waals surface area contributed by atoms with Crippen molar-refractivity contribution < 1.29 is 13.2 Å². The zero-order chi connectivity index (χ0) is 19.2. The Hall–Kier alpha value is -2.19. The molecule has 0 unspecified atom stereocenters. The summed E-state index contributed by atoms with van der Waals surface area (Å²) in [5.74, 6) is 0.309. The maximum Gasteiger partial charge on any atom is 0.244 e. The van der Waals surface area contributed by atoms with Gasteiger partial charge in [-0.1, -0.05) is 30.3 Å². The number of amides is 1. The van der Waals surface area contributed by atoms with Gasteiger partial charge in [0.25, 0.3) is 0 Å². The number of carbonyl (C=O) groups is 1. The summed E-state index contributed by atoms with van der Waals surface area (Å²) >= 11 is 0. The normalized spacial score (nSPS) is 25.7. The van der Waals surface area contributed by atoms with Crippen LogP contribution in [0.2, 0.25) is 0 Å². The van der Waals surface area contributed by atoms with E-state index in [0.29, 0.717) is 19.6 Å². The van der Waals surface area contributed by atoms with Crippen LogP contribution in [0.1, 0.15) is 17.2 Å². The van der Waals surface area contributed by atoms with Gasteiger partial charge >= 0.3 is 0 Å². The number of hydrogen-bond donors (Lipinski definition) is 0. The molecule has 2 aromatic rings. The number of hydrogen-bond acceptors (Lipinski definition) is 4. The van der Waals surface area contributed by atoms with Gasteiger partial charge in [0.15, 0.2) is 0 Å². The van der Waals surface area contributed by atoms with Crippen molar-refractivity contribution >= 4 is 15.9 Å². The Balaban J connectivity index is 1.54. The van der Waals surface area contributed by atoms with Crippen LogP contribution in [0.5, 0.6) is 0 Å². The Morgan fingerprint density at radius 2 is 1.93 bits per heavy atom. The predicted molar refractivity (Wildman–Crippen MR) is 101 cm³/mol. The first kappa shape index (κ1) is 18.2. The number of nitrogens with zero attached hydrogens (tertiary/aromatic N) is 4. The average Bonchev–Trinajstić information content (AvgIpc) is 3.28. The largest absolute Gasteiger partial charge is 0.340 e. The molecular formula is C19H24N4O3S. The molecule has 2 aliphatic rings. The fraction of sp³-hybridized carbons (Fsp3) is 0.474. The van der Waals surface area contributed by atoms with Crippen LogP contribution in [0.4, 0.5) is 0 Å². The molecule has 1 amide bonds. The van der Waals surface area contributed by atoms with E-state index >= 15 is 0 Å². The second kappa shape index (κ2) is 6.76. The predicted octanol–water partition coefficient (Wildman–Crippen LogP) is 1.28. The smallest absolute Gasteiger partial charge is 0.244 e. The maximum absolute atomic E-state index is 12.7. The highest BCUT2D eigenvalue weighted by Gasteiger charge is 2.51. The number of fused-ring (bicyclic) bond motifs is 1. The van der Waals surface area contributed by atoms with Gasteiger partial charge in [-0.3, -0.25) is 9.48 Å². The summed E-state index contributed by atoms with van der Waals surface area (Å²) in [6.45, 7) is 3.81. The second-order valence-electron chi connectivity index (χ2n) is 7.63. The molecule has 7 nitrogen and oxygen atoms in total. The SMILES string of the molecule is Cc1cnn(CC(=O)N2C[C@@H]3CN(S(C)(=O)=O)[C@@H](c4ccccc4)[C@@H]3C2)c1. The lowest BCUT2D eigenvalue weighted by atomic mass is 9.90. The lowest BCUT2D eigenvalue weighted by molar-refractivity contribution is -0.131. The molecule has 0 N–H and O–H groups in total. The molecule has 1 aromatic heterocycles. The number of carbonyl (C=O) groups excluding carboxylic acids is 1. The second-order valence-corrected chi connectivity index (χ2v) is 9.56. The highest BCUT2D eigenvalue weighted by Crippen LogP contribution is 2.46. The van der Waals surface area contributed by atoms with E-state index in [1.807, 2.05) is 48.4 Å². The summed E-state index contributed by atoms with van der Waals surface area (Å²) in [6.07, 6.45) is 4.86. The Bertz CT molecular complexity index is 941. The number of benzene rings is 1. The van der Waals surface area contributed by atoms with Crippen LogP contribution in [0.15, 0.2) is 42.7 Å². The quantitative estimate of drug-likeness (QED) is 0.791. The number of aromatic nitrogens is 2. The van der Waals surface area contributed by atoms with Gasteiger partial charge in [-0.05, 0) is 24.0 Å². The molecule has 2 aliphatic heterocycles. The van der Waals surface area contributed by atoms with Crippen LogP contribution in [-0.2, 0) is 21.4 Å². The van der Waals surface area contributed by atoms with Crippen LogP contribution in [-0.4, -0.2) is 59.2 Å². The zero-order valence-corrected chi connectivity index (χ0v) is 16.3. The third kappa shape index (κ3) is 3.51. The third-order valence-corrected chi connectivity index (χ3v) is 6.83. The van der Waals surface area contributed by atoms with E-state index in [4.69, 9.17) is 0 Å². The standard InChI is InChI=1S/C19H24N4O3S/c1-14-8-20-22(9-14)13-18(24)21-10-16-11-23(27(2,25)26)19(17(16)12-21)15-6-4-3-5-7-15/h3-9,16-17,19H,10-13H2,1-2H3/t16-,17-,19+/m1/s1. The lowest BCUT2D eigenvalue weighted by Crippen LogP contribution is -2.38. The van der Waals surface area contributed by atoms with Crippen molar-refractivity contribution in [3.63, 3.8) is 0 Å². The minimum Gasteiger partial charge on any atom is -0.340 e. The van der Waals surface area contributed by atoms with Crippen molar-refractivity contribution in [3.8, 4) is 0 Å². The highest BCUT2D eigenvalue weighted by molar-refractivity contribution is 7.88. The number of rotatable bonds is 4. The van der Waals surface area contributed by atoms with Crippen LogP contribution in [0.3, 0.4) is 0 Å². The van der Waals surface area contributed by atoms with Gasteiger partial charge in [-0.25, -0.2) is 8.42 Å². The van der Waals surface area contributed by atoms with Crippen LogP contribution >= 0.6 is 0 Å². The first-order chi connectivity index (χ1) is 12.8. The van der Waals surface area contributed by atoms with Gasteiger partial charge in [0.2, 0.25) is 15.9 Å². The Labute approximate surface area is 159 Å². The summed E-state index contributed by atoms with van der Waals surface area (Å²) in [7, 11) is -3.31. The van der Waals surface area contributed by atoms with Gasteiger partial charge in [0.1, 0.15) is 6.54 Å². The van der Waals surface area contributed by atoms with E-state index < -0.39 is 10.0 Å².